The molecule has 1 saturated carbocycles. The van der Waals surface area contributed by atoms with E-state index in [2.05, 4.69) is 46.0 Å². The van der Waals surface area contributed by atoms with Crippen molar-refractivity contribution in [2.24, 2.45) is 0 Å². The van der Waals surface area contributed by atoms with Gasteiger partial charge in [-0.3, -0.25) is 4.90 Å². The van der Waals surface area contributed by atoms with E-state index in [-0.39, 0.29) is 11.5 Å². The van der Waals surface area contributed by atoms with Gasteiger partial charge in [-0.1, -0.05) is 38.8 Å². The van der Waals surface area contributed by atoms with Crippen LogP contribution in [-0.4, -0.2) is 31.8 Å². The molecule has 1 atom stereocenters. The Balaban J connectivity index is 1.49. The second kappa shape index (κ2) is 6.52. The lowest BCUT2D eigenvalue weighted by atomic mass is 9.85. The molecule has 7 heteroatoms. The maximum atomic E-state index is 6.02. The number of nitrogens with zero attached hydrogens (tertiary/aromatic N) is 5. The predicted octanol–water partition coefficient (Wildman–Crippen LogP) is 3.74. The van der Waals surface area contributed by atoms with Crippen LogP contribution in [0.3, 0.4) is 0 Å². The lowest BCUT2D eigenvalue weighted by Crippen LogP contribution is -2.33. The average Bonchev–Trinajstić information content (AvgIpc) is 3.15. The smallest absolute Gasteiger partial charge is 0.240 e. The van der Waals surface area contributed by atoms with Gasteiger partial charge in [-0.25, -0.2) is 0 Å². The molecule has 0 N–H and O–H groups in total. The van der Waals surface area contributed by atoms with Crippen LogP contribution in [0.25, 0.3) is 0 Å². The number of rotatable bonds is 4. The summed E-state index contributed by atoms with van der Waals surface area (Å²) in [6.45, 7) is 7.89. The molecular formula is C18H27N5O2. The van der Waals surface area contributed by atoms with Crippen LogP contribution in [0.15, 0.2) is 8.94 Å². The molecule has 1 saturated heterocycles. The van der Waals surface area contributed by atoms with Gasteiger partial charge in [-0.2, -0.15) is 4.98 Å². The van der Waals surface area contributed by atoms with E-state index < -0.39 is 0 Å². The molecule has 2 aromatic heterocycles. The molecule has 1 aliphatic heterocycles. The van der Waals surface area contributed by atoms with Crippen molar-refractivity contribution in [3.05, 3.63) is 23.5 Å². The first-order chi connectivity index (χ1) is 12.0. The third kappa shape index (κ3) is 3.47. The van der Waals surface area contributed by atoms with E-state index in [0.717, 1.165) is 30.6 Å². The van der Waals surface area contributed by atoms with Crippen LogP contribution in [0.5, 0.6) is 0 Å². The van der Waals surface area contributed by atoms with E-state index in [1.165, 1.54) is 32.1 Å². The van der Waals surface area contributed by atoms with Gasteiger partial charge in [-0.15, -0.1) is 10.2 Å². The highest BCUT2D eigenvalue weighted by molar-refractivity contribution is 5.02. The molecule has 0 amide bonds. The summed E-state index contributed by atoms with van der Waals surface area (Å²) in [7, 11) is 0. The third-order valence-electron chi connectivity index (χ3n) is 5.29. The molecule has 7 nitrogen and oxygen atoms in total. The van der Waals surface area contributed by atoms with E-state index >= 15 is 0 Å². The highest BCUT2D eigenvalue weighted by Crippen LogP contribution is 2.38. The molecule has 0 spiro atoms. The zero-order valence-electron chi connectivity index (χ0n) is 15.4. The molecule has 0 bridgehead atoms. The van der Waals surface area contributed by atoms with E-state index in [1.807, 2.05) is 0 Å². The van der Waals surface area contributed by atoms with Gasteiger partial charge in [0.15, 0.2) is 5.82 Å². The Labute approximate surface area is 148 Å². The Morgan fingerprint density at radius 1 is 1.04 bits per heavy atom. The first kappa shape index (κ1) is 16.7. The van der Waals surface area contributed by atoms with Gasteiger partial charge < -0.3 is 8.94 Å². The van der Waals surface area contributed by atoms with Crippen LogP contribution < -0.4 is 0 Å². The molecule has 1 unspecified atom stereocenters. The summed E-state index contributed by atoms with van der Waals surface area (Å²) in [6, 6.07) is 0.153. The normalized spacial score (nSPS) is 22.9. The lowest BCUT2D eigenvalue weighted by Gasteiger charge is -2.32. The molecule has 0 radical (unpaired) electrons. The van der Waals surface area contributed by atoms with Crippen LogP contribution in [-0.2, 0) is 12.0 Å². The van der Waals surface area contributed by atoms with Crippen LogP contribution in [0.1, 0.15) is 94.8 Å². The van der Waals surface area contributed by atoms with E-state index in [0.29, 0.717) is 18.4 Å². The van der Waals surface area contributed by atoms with Gasteiger partial charge >= 0.3 is 0 Å². The van der Waals surface area contributed by atoms with Crippen molar-refractivity contribution in [2.45, 2.75) is 83.2 Å². The average molecular weight is 345 g/mol. The fourth-order valence-corrected chi connectivity index (χ4v) is 3.46. The summed E-state index contributed by atoms with van der Waals surface area (Å²) in [6.07, 6.45) is 7.00. The zero-order chi connectivity index (χ0) is 17.4. The Morgan fingerprint density at radius 2 is 1.84 bits per heavy atom. The summed E-state index contributed by atoms with van der Waals surface area (Å²) in [5.41, 5.74) is -0.104. The van der Waals surface area contributed by atoms with Crippen LogP contribution in [0, 0.1) is 0 Å². The van der Waals surface area contributed by atoms with E-state index in [4.69, 9.17) is 8.94 Å². The van der Waals surface area contributed by atoms with E-state index in [9.17, 15) is 0 Å². The molecule has 0 aromatic carbocycles. The number of hydrogen-bond donors (Lipinski definition) is 0. The lowest BCUT2D eigenvalue weighted by molar-refractivity contribution is 0.102. The van der Waals surface area contributed by atoms with Crippen molar-refractivity contribution >= 4 is 0 Å². The second-order valence-corrected chi connectivity index (χ2v) is 8.35. The summed E-state index contributed by atoms with van der Waals surface area (Å²) in [5, 5.41) is 12.8. The minimum Gasteiger partial charge on any atom is -0.423 e. The SMILES string of the molecule is CC(C)(C)c1noc(CN2CCCCC2c2nnc(C3CCC3)o2)n1. The van der Waals surface area contributed by atoms with Crippen molar-refractivity contribution in [1.82, 2.24) is 25.2 Å². The van der Waals surface area contributed by atoms with Crippen molar-refractivity contribution in [2.75, 3.05) is 6.54 Å². The van der Waals surface area contributed by atoms with Gasteiger partial charge in [0.2, 0.25) is 17.7 Å². The van der Waals surface area contributed by atoms with Crippen molar-refractivity contribution in [1.29, 1.82) is 0 Å². The van der Waals surface area contributed by atoms with Gasteiger partial charge in [0.25, 0.3) is 0 Å². The first-order valence-electron chi connectivity index (χ1n) is 9.41. The number of aromatic nitrogens is 4. The van der Waals surface area contributed by atoms with Gasteiger partial charge in [0.1, 0.15) is 0 Å². The Morgan fingerprint density at radius 3 is 2.52 bits per heavy atom. The highest BCUT2D eigenvalue weighted by atomic mass is 16.5. The minimum absolute atomic E-state index is 0.104. The Hall–Kier alpha value is -1.76. The highest BCUT2D eigenvalue weighted by Gasteiger charge is 2.32. The standard InChI is InChI=1S/C18H27N5O2/c1-18(2,3)17-19-14(25-22-17)11-23-10-5-4-9-13(23)16-21-20-15(24-16)12-7-6-8-12/h12-13H,4-11H2,1-3H3. The zero-order valence-corrected chi connectivity index (χ0v) is 15.4. The number of piperidine rings is 1. The van der Waals surface area contributed by atoms with Crippen LogP contribution in [0.2, 0.25) is 0 Å². The van der Waals surface area contributed by atoms with Crippen molar-refractivity contribution < 1.29 is 8.94 Å². The molecule has 25 heavy (non-hydrogen) atoms. The molecule has 4 rings (SSSR count). The van der Waals surface area contributed by atoms with Gasteiger partial charge in [0, 0.05) is 11.3 Å². The Bertz CT molecular complexity index is 713. The maximum Gasteiger partial charge on any atom is 0.240 e. The third-order valence-corrected chi connectivity index (χ3v) is 5.29. The Kier molecular flexibility index (Phi) is 4.35. The molecule has 136 valence electrons. The summed E-state index contributed by atoms with van der Waals surface area (Å²) in [4.78, 5) is 6.91. The fourth-order valence-electron chi connectivity index (χ4n) is 3.46. The minimum atomic E-state index is -0.104. The largest absolute Gasteiger partial charge is 0.423 e. The van der Waals surface area contributed by atoms with Crippen LogP contribution >= 0.6 is 0 Å². The molecule has 2 fully saturated rings. The monoisotopic (exact) mass is 345 g/mol. The van der Waals surface area contributed by atoms with Crippen molar-refractivity contribution in [3.8, 4) is 0 Å². The predicted molar refractivity (Wildman–Crippen MR) is 90.9 cm³/mol. The maximum absolute atomic E-state index is 6.02. The molecule has 2 aliphatic rings. The van der Waals surface area contributed by atoms with E-state index in [1.54, 1.807) is 0 Å². The molecule has 3 heterocycles. The summed E-state index contributed by atoms with van der Waals surface area (Å²) in [5.74, 6) is 3.46. The van der Waals surface area contributed by atoms with Gasteiger partial charge in [0.05, 0.1) is 12.6 Å². The van der Waals surface area contributed by atoms with Crippen LogP contribution in [0.4, 0.5) is 0 Å². The second-order valence-electron chi connectivity index (χ2n) is 8.35. The quantitative estimate of drug-likeness (QED) is 0.834. The molecule has 1 aliphatic carbocycles. The molecular weight excluding hydrogens is 318 g/mol. The molecule has 2 aromatic rings. The summed E-state index contributed by atoms with van der Waals surface area (Å²) >= 11 is 0. The first-order valence-corrected chi connectivity index (χ1v) is 9.41. The number of hydrogen-bond acceptors (Lipinski definition) is 7. The van der Waals surface area contributed by atoms with Crippen molar-refractivity contribution in [3.63, 3.8) is 0 Å². The fraction of sp³-hybridized carbons (Fsp3) is 0.778. The summed E-state index contributed by atoms with van der Waals surface area (Å²) < 4.78 is 11.5. The van der Waals surface area contributed by atoms with Gasteiger partial charge in [-0.05, 0) is 32.2 Å². The number of likely N-dealkylation sites (tertiary alicyclic amines) is 1. The topological polar surface area (TPSA) is 81.1 Å².